The SMILES string of the molecule is COc1cc(C(O)c2ccc(C(C)(C)C)s2)ccc1C. The lowest BCUT2D eigenvalue weighted by atomic mass is 9.95. The average Bonchev–Trinajstić information content (AvgIpc) is 2.88. The fourth-order valence-electron chi connectivity index (χ4n) is 2.07. The van der Waals surface area contributed by atoms with Crippen molar-refractivity contribution in [3.05, 3.63) is 51.2 Å². The van der Waals surface area contributed by atoms with Crippen LogP contribution in [0.15, 0.2) is 30.3 Å². The van der Waals surface area contributed by atoms with Gasteiger partial charge in [-0.3, -0.25) is 0 Å². The Morgan fingerprint density at radius 3 is 2.40 bits per heavy atom. The van der Waals surface area contributed by atoms with Crippen molar-refractivity contribution >= 4 is 11.3 Å². The van der Waals surface area contributed by atoms with Gasteiger partial charge in [0.05, 0.1) is 7.11 Å². The zero-order chi connectivity index (χ0) is 14.9. The van der Waals surface area contributed by atoms with Crippen molar-refractivity contribution in [2.24, 2.45) is 0 Å². The van der Waals surface area contributed by atoms with Gasteiger partial charge in [-0.1, -0.05) is 32.9 Å². The molecule has 0 saturated carbocycles. The molecule has 108 valence electrons. The molecule has 2 nitrogen and oxygen atoms in total. The van der Waals surface area contributed by atoms with Crippen LogP contribution in [0.3, 0.4) is 0 Å². The predicted molar refractivity (Wildman–Crippen MR) is 84.8 cm³/mol. The molecular formula is C17H22O2S. The van der Waals surface area contributed by atoms with E-state index in [9.17, 15) is 5.11 Å². The Kier molecular flexibility index (Phi) is 4.21. The molecule has 3 heteroatoms. The first-order valence-electron chi connectivity index (χ1n) is 6.75. The second-order valence-corrected chi connectivity index (χ2v) is 7.20. The molecule has 2 aromatic rings. The first kappa shape index (κ1) is 15.1. The molecule has 0 aliphatic rings. The topological polar surface area (TPSA) is 29.5 Å². The summed E-state index contributed by atoms with van der Waals surface area (Å²) in [6.45, 7) is 8.55. The van der Waals surface area contributed by atoms with Gasteiger partial charge in [0.15, 0.2) is 0 Å². The lowest BCUT2D eigenvalue weighted by molar-refractivity contribution is 0.223. The number of aliphatic hydroxyl groups excluding tert-OH is 1. The summed E-state index contributed by atoms with van der Waals surface area (Å²) in [5.41, 5.74) is 2.06. The zero-order valence-corrected chi connectivity index (χ0v) is 13.5. The second kappa shape index (κ2) is 5.58. The summed E-state index contributed by atoms with van der Waals surface area (Å²) < 4.78 is 5.32. The Balaban J connectivity index is 2.31. The Morgan fingerprint density at radius 1 is 1.15 bits per heavy atom. The highest BCUT2D eigenvalue weighted by atomic mass is 32.1. The molecule has 1 unspecified atom stereocenters. The van der Waals surface area contributed by atoms with E-state index in [2.05, 4.69) is 26.8 Å². The molecule has 0 aliphatic heterocycles. The van der Waals surface area contributed by atoms with E-state index in [-0.39, 0.29) is 5.41 Å². The van der Waals surface area contributed by atoms with Crippen LogP contribution in [0.2, 0.25) is 0 Å². The monoisotopic (exact) mass is 290 g/mol. The third-order valence-electron chi connectivity index (χ3n) is 3.38. The third kappa shape index (κ3) is 3.05. The van der Waals surface area contributed by atoms with E-state index in [0.29, 0.717) is 0 Å². The van der Waals surface area contributed by atoms with Gasteiger partial charge in [0, 0.05) is 9.75 Å². The van der Waals surface area contributed by atoms with Gasteiger partial charge in [-0.25, -0.2) is 0 Å². The van der Waals surface area contributed by atoms with E-state index in [0.717, 1.165) is 21.8 Å². The first-order valence-corrected chi connectivity index (χ1v) is 7.57. The molecular weight excluding hydrogens is 268 g/mol. The quantitative estimate of drug-likeness (QED) is 0.905. The maximum atomic E-state index is 10.5. The summed E-state index contributed by atoms with van der Waals surface area (Å²) in [7, 11) is 1.65. The van der Waals surface area contributed by atoms with E-state index in [4.69, 9.17) is 4.74 Å². The van der Waals surface area contributed by atoms with E-state index >= 15 is 0 Å². The van der Waals surface area contributed by atoms with E-state index < -0.39 is 6.10 Å². The van der Waals surface area contributed by atoms with Crippen LogP contribution >= 0.6 is 11.3 Å². The molecule has 20 heavy (non-hydrogen) atoms. The molecule has 1 N–H and O–H groups in total. The average molecular weight is 290 g/mol. The summed E-state index contributed by atoms with van der Waals surface area (Å²) >= 11 is 1.67. The zero-order valence-electron chi connectivity index (χ0n) is 12.7. The van der Waals surface area contributed by atoms with Crippen molar-refractivity contribution in [1.29, 1.82) is 0 Å². The maximum absolute atomic E-state index is 10.5. The number of methoxy groups -OCH3 is 1. The minimum Gasteiger partial charge on any atom is -0.496 e. The lowest BCUT2D eigenvalue weighted by Crippen LogP contribution is -2.07. The van der Waals surface area contributed by atoms with Crippen LogP contribution in [0.1, 0.15) is 47.8 Å². The maximum Gasteiger partial charge on any atom is 0.122 e. The third-order valence-corrected chi connectivity index (χ3v) is 4.95. The van der Waals surface area contributed by atoms with Crippen LogP contribution in [0.25, 0.3) is 0 Å². The molecule has 1 aromatic carbocycles. The van der Waals surface area contributed by atoms with Gasteiger partial charge >= 0.3 is 0 Å². The highest BCUT2D eigenvalue weighted by Gasteiger charge is 2.20. The van der Waals surface area contributed by atoms with Crippen molar-refractivity contribution in [2.75, 3.05) is 7.11 Å². The van der Waals surface area contributed by atoms with Gasteiger partial charge in [0.1, 0.15) is 11.9 Å². The first-order chi connectivity index (χ1) is 9.32. The van der Waals surface area contributed by atoms with Crippen LogP contribution in [-0.2, 0) is 5.41 Å². The van der Waals surface area contributed by atoms with Crippen molar-refractivity contribution < 1.29 is 9.84 Å². The molecule has 0 radical (unpaired) electrons. The highest BCUT2D eigenvalue weighted by Crippen LogP contribution is 2.35. The van der Waals surface area contributed by atoms with Crippen molar-refractivity contribution in [3.63, 3.8) is 0 Å². The number of rotatable bonds is 3. The van der Waals surface area contributed by atoms with Gasteiger partial charge < -0.3 is 9.84 Å². The van der Waals surface area contributed by atoms with Crippen molar-refractivity contribution in [2.45, 2.75) is 39.2 Å². The van der Waals surface area contributed by atoms with Crippen molar-refractivity contribution in [3.8, 4) is 5.75 Å². The van der Waals surface area contributed by atoms with Gasteiger partial charge in [-0.15, -0.1) is 11.3 Å². The fraction of sp³-hybridized carbons (Fsp3) is 0.412. The van der Waals surface area contributed by atoms with Crippen LogP contribution < -0.4 is 4.74 Å². The number of hydrogen-bond donors (Lipinski definition) is 1. The molecule has 0 fully saturated rings. The van der Waals surface area contributed by atoms with E-state index in [1.54, 1.807) is 18.4 Å². The van der Waals surface area contributed by atoms with Crippen LogP contribution in [0.4, 0.5) is 0 Å². The molecule has 1 aromatic heterocycles. The summed E-state index contributed by atoms with van der Waals surface area (Å²) in [6.07, 6.45) is -0.592. The molecule has 0 saturated heterocycles. The number of aryl methyl sites for hydroxylation is 1. The smallest absolute Gasteiger partial charge is 0.122 e. The van der Waals surface area contributed by atoms with Gasteiger partial charge in [0.25, 0.3) is 0 Å². The number of ether oxygens (including phenoxy) is 1. The Morgan fingerprint density at radius 2 is 1.85 bits per heavy atom. The standard InChI is InChI=1S/C17H22O2S/c1-11-6-7-12(10-13(11)19-5)16(18)14-8-9-15(20-14)17(2,3)4/h6-10,16,18H,1-5H3. The van der Waals surface area contributed by atoms with E-state index in [1.165, 1.54) is 4.88 Å². The number of thiophene rings is 1. The largest absolute Gasteiger partial charge is 0.496 e. The van der Waals surface area contributed by atoms with Gasteiger partial charge in [-0.05, 0) is 41.7 Å². The summed E-state index contributed by atoms with van der Waals surface area (Å²) in [4.78, 5) is 2.26. The summed E-state index contributed by atoms with van der Waals surface area (Å²) in [5, 5.41) is 10.5. The van der Waals surface area contributed by atoms with Gasteiger partial charge in [-0.2, -0.15) is 0 Å². The minimum absolute atomic E-state index is 0.119. The summed E-state index contributed by atoms with van der Waals surface area (Å²) in [5.74, 6) is 0.814. The number of benzene rings is 1. The molecule has 0 amide bonds. The minimum atomic E-state index is -0.592. The number of aliphatic hydroxyl groups is 1. The van der Waals surface area contributed by atoms with Crippen molar-refractivity contribution in [1.82, 2.24) is 0 Å². The van der Waals surface area contributed by atoms with Gasteiger partial charge in [0.2, 0.25) is 0 Å². The second-order valence-electron chi connectivity index (χ2n) is 6.08. The normalized spacial score (nSPS) is 13.3. The lowest BCUT2D eigenvalue weighted by Gasteiger charge is -2.16. The number of hydrogen-bond acceptors (Lipinski definition) is 3. The molecule has 0 spiro atoms. The van der Waals surface area contributed by atoms with Crippen LogP contribution in [-0.4, -0.2) is 12.2 Å². The highest BCUT2D eigenvalue weighted by molar-refractivity contribution is 7.12. The Hall–Kier alpha value is -1.32. The molecule has 1 heterocycles. The molecule has 0 bridgehead atoms. The molecule has 0 aliphatic carbocycles. The molecule has 1 atom stereocenters. The Bertz CT molecular complexity index is 593. The Labute approximate surface area is 125 Å². The van der Waals surface area contributed by atoms with Crippen LogP contribution in [0.5, 0.6) is 5.75 Å². The van der Waals surface area contributed by atoms with E-state index in [1.807, 2.05) is 31.2 Å². The fourth-order valence-corrected chi connectivity index (χ4v) is 3.15. The summed E-state index contributed by atoms with van der Waals surface area (Å²) in [6, 6.07) is 9.97. The molecule has 2 rings (SSSR count). The van der Waals surface area contributed by atoms with Crippen LogP contribution in [0, 0.1) is 6.92 Å². The predicted octanol–water partition coefficient (Wildman–Crippen LogP) is 4.44.